The largest absolute Gasteiger partial charge is 0.387 e. The van der Waals surface area contributed by atoms with Crippen molar-refractivity contribution in [3.05, 3.63) is 35.5 Å². The van der Waals surface area contributed by atoms with Crippen LogP contribution in [0.2, 0.25) is 0 Å². The van der Waals surface area contributed by atoms with Crippen molar-refractivity contribution in [1.29, 1.82) is 0 Å². The zero-order valence-corrected chi connectivity index (χ0v) is 9.33. The van der Waals surface area contributed by atoms with E-state index in [9.17, 15) is 5.11 Å². The van der Waals surface area contributed by atoms with E-state index < -0.39 is 6.10 Å². The summed E-state index contributed by atoms with van der Waals surface area (Å²) in [6, 6.07) is 6.24. The fourth-order valence-corrected chi connectivity index (χ4v) is 2.72. The molecule has 3 nitrogen and oxygen atoms in total. The molecule has 84 valence electrons. The van der Waals surface area contributed by atoms with Crippen LogP contribution in [0.3, 0.4) is 0 Å². The van der Waals surface area contributed by atoms with Crippen LogP contribution >= 0.6 is 0 Å². The molecule has 1 aromatic heterocycles. The van der Waals surface area contributed by atoms with Crippen LogP contribution in [0.4, 0.5) is 0 Å². The molecule has 0 fully saturated rings. The maximum absolute atomic E-state index is 10.4. The van der Waals surface area contributed by atoms with Crippen LogP contribution < -0.4 is 5.32 Å². The number of aliphatic hydroxyl groups is 1. The van der Waals surface area contributed by atoms with Gasteiger partial charge in [0.2, 0.25) is 0 Å². The van der Waals surface area contributed by atoms with Gasteiger partial charge in [-0.15, -0.1) is 0 Å². The zero-order chi connectivity index (χ0) is 11.1. The van der Waals surface area contributed by atoms with Gasteiger partial charge >= 0.3 is 0 Å². The summed E-state index contributed by atoms with van der Waals surface area (Å²) in [6.45, 7) is 0. The lowest BCUT2D eigenvalue weighted by Crippen LogP contribution is -2.31. The zero-order valence-electron chi connectivity index (χ0n) is 9.33. The molecule has 3 N–H and O–H groups in total. The molecule has 3 rings (SSSR count). The SMILES string of the molecule is CN[C@@H]1CCc2c[nH]c3cccc(c23)[C@@H]1O. The average molecular weight is 216 g/mol. The number of likely N-dealkylation sites (N-methyl/N-ethyl adjacent to an activating group) is 1. The van der Waals surface area contributed by atoms with Crippen LogP contribution in [0.1, 0.15) is 23.7 Å². The molecule has 3 heteroatoms. The van der Waals surface area contributed by atoms with Crippen LogP contribution in [0.25, 0.3) is 10.9 Å². The number of H-pyrrole nitrogens is 1. The third-order valence-electron chi connectivity index (χ3n) is 3.61. The second-order valence-electron chi connectivity index (χ2n) is 4.46. The van der Waals surface area contributed by atoms with Crippen LogP contribution in [0, 0.1) is 0 Å². The highest BCUT2D eigenvalue weighted by molar-refractivity contribution is 5.87. The summed E-state index contributed by atoms with van der Waals surface area (Å²) < 4.78 is 0. The van der Waals surface area contributed by atoms with Gasteiger partial charge in [0.1, 0.15) is 0 Å². The van der Waals surface area contributed by atoms with Crippen molar-refractivity contribution < 1.29 is 5.11 Å². The van der Waals surface area contributed by atoms with Crippen LogP contribution in [-0.4, -0.2) is 23.2 Å². The molecular formula is C13H16N2O. The molecule has 0 radical (unpaired) electrons. The smallest absolute Gasteiger partial charge is 0.0949 e. The van der Waals surface area contributed by atoms with E-state index in [1.165, 1.54) is 10.9 Å². The molecule has 0 saturated heterocycles. The second kappa shape index (κ2) is 3.61. The van der Waals surface area contributed by atoms with Crippen LogP contribution in [0.5, 0.6) is 0 Å². The van der Waals surface area contributed by atoms with Gasteiger partial charge in [-0.25, -0.2) is 0 Å². The van der Waals surface area contributed by atoms with Gasteiger partial charge in [0.25, 0.3) is 0 Å². The van der Waals surface area contributed by atoms with Crippen LogP contribution in [-0.2, 0) is 6.42 Å². The number of hydrogen-bond acceptors (Lipinski definition) is 2. The minimum absolute atomic E-state index is 0.151. The number of rotatable bonds is 1. The Morgan fingerprint density at radius 3 is 3.12 bits per heavy atom. The summed E-state index contributed by atoms with van der Waals surface area (Å²) in [5.74, 6) is 0. The first-order valence-electron chi connectivity index (χ1n) is 5.75. The Labute approximate surface area is 94.5 Å². The molecule has 0 amide bonds. The van der Waals surface area contributed by atoms with Gasteiger partial charge in [-0.1, -0.05) is 12.1 Å². The highest BCUT2D eigenvalue weighted by Crippen LogP contribution is 2.33. The number of aryl methyl sites for hydroxylation is 1. The fourth-order valence-electron chi connectivity index (χ4n) is 2.72. The van der Waals surface area contributed by atoms with Gasteiger partial charge < -0.3 is 15.4 Å². The lowest BCUT2D eigenvalue weighted by molar-refractivity contribution is 0.131. The maximum Gasteiger partial charge on any atom is 0.0949 e. The van der Waals surface area contributed by atoms with Gasteiger partial charge in [-0.05, 0) is 37.1 Å². The third kappa shape index (κ3) is 1.29. The van der Waals surface area contributed by atoms with Crippen molar-refractivity contribution in [3.8, 4) is 0 Å². The molecule has 0 unspecified atom stereocenters. The Morgan fingerprint density at radius 2 is 2.31 bits per heavy atom. The first-order valence-corrected chi connectivity index (χ1v) is 5.75. The summed E-state index contributed by atoms with van der Waals surface area (Å²) >= 11 is 0. The highest BCUT2D eigenvalue weighted by atomic mass is 16.3. The van der Waals surface area contributed by atoms with Gasteiger partial charge in [0.05, 0.1) is 6.10 Å². The molecule has 0 aliphatic heterocycles. The van der Waals surface area contributed by atoms with Gasteiger partial charge in [0.15, 0.2) is 0 Å². The second-order valence-corrected chi connectivity index (χ2v) is 4.46. The first kappa shape index (κ1) is 9.87. The number of benzene rings is 1. The standard InChI is InChI=1S/C13H16N2O/c1-14-11-6-5-8-7-15-10-4-2-3-9(12(8)10)13(11)16/h2-4,7,11,13-16H,5-6H2,1H3/t11-,13+/m1/s1. The van der Waals surface area contributed by atoms with E-state index in [2.05, 4.69) is 22.6 Å². The van der Waals surface area contributed by atoms with E-state index in [1.54, 1.807) is 0 Å². The molecule has 1 aliphatic rings. The van der Waals surface area contributed by atoms with E-state index in [1.807, 2.05) is 19.2 Å². The van der Waals surface area contributed by atoms with Crippen molar-refractivity contribution in [1.82, 2.24) is 10.3 Å². The van der Waals surface area contributed by atoms with E-state index in [4.69, 9.17) is 0 Å². The van der Waals surface area contributed by atoms with E-state index in [-0.39, 0.29) is 6.04 Å². The minimum Gasteiger partial charge on any atom is -0.387 e. The Bertz CT molecular complexity index is 518. The molecule has 0 spiro atoms. The number of nitrogens with one attached hydrogen (secondary N) is 2. The quantitative estimate of drug-likeness (QED) is 0.680. The predicted octanol–water partition coefficient (Wildman–Crippen LogP) is 1.74. The summed E-state index contributed by atoms with van der Waals surface area (Å²) in [7, 11) is 1.91. The van der Waals surface area contributed by atoms with Gasteiger partial charge in [0, 0.05) is 23.1 Å². The Hall–Kier alpha value is -1.32. The van der Waals surface area contributed by atoms with Crippen molar-refractivity contribution in [3.63, 3.8) is 0 Å². The summed E-state index contributed by atoms with van der Waals surface area (Å²) in [5, 5.41) is 14.8. The van der Waals surface area contributed by atoms with E-state index in [0.717, 1.165) is 23.9 Å². The topological polar surface area (TPSA) is 48.0 Å². The molecule has 16 heavy (non-hydrogen) atoms. The molecule has 1 heterocycles. The van der Waals surface area contributed by atoms with Gasteiger partial charge in [-0.3, -0.25) is 0 Å². The lowest BCUT2D eigenvalue weighted by Gasteiger charge is -2.20. The van der Waals surface area contributed by atoms with Crippen molar-refractivity contribution in [2.24, 2.45) is 0 Å². The Balaban J connectivity index is 2.24. The molecule has 0 bridgehead atoms. The van der Waals surface area contributed by atoms with Crippen molar-refractivity contribution >= 4 is 10.9 Å². The number of aliphatic hydroxyl groups excluding tert-OH is 1. The maximum atomic E-state index is 10.4. The summed E-state index contributed by atoms with van der Waals surface area (Å²) in [4.78, 5) is 3.27. The molecule has 1 aliphatic carbocycles. The molecular weight excluding hydrogens is 200 g/mol. The molecule has 2 atom stereocenters. The Kier molecular flexibility index (Phi) is 2.23. The molecule has 0 saturated carbocycles. The lowest BCUT2D eigenvalue weighted by atomic mass is 10.00. The van der Waals surface area contributed by atoms with E-state index >= 15 is 0 Å². The first-order chi connectivity index (χ1) is 7.81. The number of hydrogen-bond donors (Lipinski definition) is 3. The minimum atomic E-state index is -0.411. The van der Waals surface area contributed by atoms with Crippen molar-refractivity contribution in [2.75, 3.05) is 7.05 Å². The van der Waals surface area contributed by atoms with Crippen molar-refractivity contribution in [2.45, 2.75) is 25.0 Å². The van der Waals surface area contributed by atoms with Crippen LogP contribution in [0.15, 0.2) is 24.4 Å². The Morgan fingerprint density at radius 1 is 1.44 bits per heavy atom. The highest BCUT2D eigenvalue weighted by Gasteiger charge is 2.25. The summed E-state index contributed by atoms with van der Waals surface area (Å²) in [6.07, 6.45) is 3.64. The van der Waals surface area contributed by atoms with Gasteiger partial charge in [-0.2, -0.15) is 0 Å². The fraction of sp³-hybridized carbons (Fsp3) is 0.385. The molecule has 1 aromatic carbocycles. The van der Waals surface area contributed by atoms with E-state index in [0.29, 0.717) is 0 Å². The summed E-state index contributed by atoms with van der Waals surface area (Å²) in [5.41, 5.74) is 3.50. The average Bonchev–Trinajstić information content (AvgIpc) is 2.66. The molecule has 2 aromatic rings. The number of aromatic amines is 1. The predicted molar refractivity (Wildman–Crippen MR) is 64.4 cm³/mol. The third-order valence-corrected chi connectivity index (χ3v) is 3.61. The normalized spacial score (nSPS) is 24.6. The number of aromatic nitrogens is 1. The monoisotopic (exact) mass is 216 g/mol.